The third-order valence-electron chi connectivity index (χ3n) is 11.8. The molecule has 6 unspecified atom stereocenters. The van der Waals surface area contributed by atoms with Crippen LogP contribution in [0.3, 0.4) is 0 Å². The number of nitrogens with zero attached hydrogens (tertiary/aromatic N) is 1. The monoisotopic (exact) mass is 775 g/mol. The Labute approximate surface area is 337 Å². The summed E-state index contributed by atoms with van der Waals surface area (Å²) in [7, 11) is 0. The molecule has 0 aromatic heterocycles. The molecule has 9 heteroatoms. The van der Waals surface area contributed by atoms with Gasteiger partial charge in [0.25, 0.3) is 0 Å². The number of phenolic OH excluding ortho intramolecular Hbond substituents is 1. The Kier molecular flexibility index (Phi) is 16.8. The van der Waals surface area contributed by atoms with E-state index in [2.05, 4.69) is 117 Å². The number of hydroxylamine groups is 2. The van der Waals surface area contributed by atoms with Crippen molar-refractivity contribution >= 4 is 30.1 Å². The van der Waals surface area contributed by atoms with Crippen LogP contribution in [0, 0.1) is 39.9 Å². The molecule has 0 saturated carbocycles. The first-order valence-electron chi connectivity index (χ1n) is 19.4. The smallest absolute Gasteiger partial charge is 0.307 e. The van der Waals surface area contributed by atoms with Crippen LogP contribution in [0.1, 0.15) is 131 Å². The first kappa shape index (κ1) is 47.5. The van der Waals surface area contributed by atoms with Gasteiger partial charge in [-0.25, -0.2) is 0 Å². The van der Waals surface area contributed by atoms with Gasteiger partial charge >= 0.3 is 5.97 Å². The summed E-state index contributed by atoms with van der Waals surface area (Å²) in [6, 6.07) is 27.6. The fraction of sp³-hybridized carbons (Fsp3) is 0.543. The van der Waals surface area contributed by atoms with Crippen LogP contribution in [0.5, 0.6) is 5.75 Å². The summed E-state index contributed by atoms with van der Waals surface area (Å²) in [5.41, 5.74) is 4.63. The molecule has 6 atom stereocenters. The summed E-state index contributed by atoms with van der Waals surface area (Å²) in [4.78, 5) is 34.2. The average Bonchev–Trinajstić information content (AvgIpc) is 3.07. The second-order valence-corrected chi connectivity index (χ2v) is 18.5. The number of aromatic hydroxyl groups is 1. The molecule has 5 N–H and O–H groups in total. The van der Waals surface area contributed by atoms with Gasteiger partial charge in [0.15, 0.2) is 5.12 Å². The van der Waals surface area contributed by atoms with E-state index in [0.29, 0.717) is 6.42 Å². The molecule has 0 aliphatic rings. The Balaban J connectivity index is 0.00000337. The van der Waals surface area contributed by atoms with E-state index in [1.54, 1.807) is 12.1 Å². The van der Waals surface area contributed by atoms with Crippen molar-refractivity contribution in [1.29, 1.82) is 5.41 Å². The zero-order valence-corrected chi connectivity index (χ0v) is 36.4. The van der Waals surface area contributed by atoms with Crippen molar-refractivity contribution in [3.05, 3.63) is 102 Å². The van der Waals surface area contributed by atoms with E-state index in [0.717, 1.165) is 23.0 Å². The quantitative estimate of drug-likeness (QED) is 0.0398. The third-order valence-corrected chi connectivity index (χ3v) is 12.2. The predicted octanol–water partition coefficient (Wildman–Crippen LogP) is 10.9. The molecule has 0 amide bonds. The van der Waals surface area contributed by atoms with Crippen LogP contribution < -0.4 is 5.73 Å². The summed E-state index contributed by atoms with van der Waals surface area (Å²) >= 11 is 4.35. The van der Waals surface area contributed by atoms with Gasteiger partial charge in [-0.2, -0.15) is 5.06 Å². The van der Waals surface area contributed by atoms with Crippen LogP contribution in [0.4, 0.5) is 0 Å². The molecule has 55 heavy (non-hydrogen) atoms. The number of phenols is 1. The highest BCUT2D eigenvalue weighted by Gasteiger charge is 2.58. The van der Waals surface area contributed by atoms with Gasteiger partial charge in [0, 0.05) is 17.4 Å². The number of aliphatic carboxylic acids is 1. The first-order chi connectivity index (χ1) is 25.4. The lowest BCUT2D eigenvalue weighted by atomic mass is 9.49. The van der Waals surface area contributed by atoms with Gasteiger partial charge in [0.1, 0.15) is 5.75 Å². The van der Waals surface area contributed by atoms with E-state index in [1.165, 1.54) is 0 Å². The van der Waals surface area contributed by atoms with Crippen LogP contribution in [0.2, 0.25) is 0 Å². The maximum atomic E-state index is 13.6. The lowest BCUT2D eigenvalue weighted by Crippen LogP contribution is -2.57. The van der Waals surface area contributed by atoms with Crippen molar-refractivity contribution in [2.45, 2.75) is 125 Å². The fourth-order valence-corrected chi connectivity index (χ4v) is 9.09. The standard InChI is InChI=1S/C45H65NO5S.CH4N2/c1-29(2)38(33-22-18-15-19-23-33)46(42(5,6)7)51-45(12,13)39(34-24-26-35(47)27-25-34)44(10,11)43(8,9)37(40(48)49)31(4)36(41(50)52)28-30(3)32-20-16-14-17-21-32;2-1-3/h14-27,29-31,36-39,47H,28H2,1-13H3,(H,48,49)(H,50,52);1H,(H3,2,3). The Morgan fingerprint density at radius 2 is 1.24 bits per heavy atom. The number of nitrogens with one attached hydrogen (secondary N) is 1. The lowest BCUT2D eigenvalue weighted by molar-refractivity contribution is -0.315. The number of carbonyl (C=O) groups is 2. The molecule has 3 rings (SSSR count). The molecule has 0 aliphatic heterocycles. The molecular formula is C46H69N3O5S. The van der Waals surface area contributed by atoms with Gasteiger partial charge in [-0.05, 0) is 98.4 Å². The van der Waals surface area contributed by atoms with Crippen molar-refractivity contribution in [1.82, 2.24) is 5.06 Å². The molecule has 0 radical (unpaired) electrons. The molecule has 0 saturated heterocycles. The van der Waals surface area contributed by atoms with Crippen LogP contribution in [0.25, 0.3) is 0 Å². The molecule has 3 aromatic carbocycles. The predicted molar refractivity (Wildman–Crippen MR) is 229 cm³/mol. The fourth-order valence-electron chi connectivity index (χ4n) is 8.75. The van der Waals surface area contributed by atoms with Crippen molar-refractivity contribution in [2.75, 3.05) is 0 Å². The minimum Gasteiger partial charge on any atom is -0.508 e. The highest BCUT2D eigenvalue weighted by molar-refractivity contribution is 7.96. The molecule has 0 heterocycles. The maximum Gasteiger partial charge on any atom is 0.307 e. The SMILES string of the molecule is CC(CC(C(=O)S)C(C)C(C(=O)O)C(C)(C)C(C)(C)C(c1ccc(O)cc1)C(C)(C)ON(C(c1ccccc1)C(C)C)C(C)(C)C)c1ccccc1.N=CN. The molecule has 0 spiro atoms. The number of carboxylic acids is 1. The van der Waals surface area contributed by atoms with E-state index in [-0.39, 0.29) is 34.7 Å². The maximum absolute atomic E-state index is 13.6. The van der Waals surface area contributed by atoms with Crippen molar-refractivity contribution in [3.63, 3.8) is 0 Å². The van der Waals surface area contributed by atoms with Crippen LogP contribution in [-0.4, -0.2) is 43.8 Å². The number of carboxylic acid groups (broad SMARTS) is 1. The normalized spacial score (nSPS) is 15.9. The largest absolute Gasteiger partial charge is 0.508 e. The van der Waals surface area contributed by atoms with Crippen molar-refractivity contribution in [2.24, 2.45) is 40.2 Å². The highest BCUT2D eigenvalue weighted by atomic mass is 32.1. The van der Waals surface area contributed by atoms with Gasteiger partial charge in [-0.3, -0.25) is 19.8 Å². The van der Waals surface area contributed by atoms with Crippen LogP contribution in [0.15, 0.2) is 84.9 Å². The number of hydrogen-bond donors (Lipinski definition) is 5. The van der Waals surface area contributed by atoms with Gasteiger partial charge in [0.2, 0.25) is 0 Å². The van der Waals surface area contributed by atoms with Gasteiger partial charge < -0.3 is 15.9 Å². The summed E-state index contributed by atoms with van der Waals surface area (Å²) < 4.78 is 0. The molecule has 8 nitrogen and oxygen atoms in total. The van der Waals surface area contributed by atoms with E-state index in [4.69, 9.17) is 10.2 Å². The number of rotatable bonds is 17. The van der Waals surface area contributed by atoms with E-state index >= 15 is 0 Å². The van der Waals surface area contributed by atoms with Gasteiger partial charge in [0.05, 0.1) is 23.9 Å². The van der Waals surface area contributed by atoms with Gasteiger partial charge in [-0.1, -0.05) is 128 Å². The number of benzene rings is 3. The summed E-state index contributed by atoms with van der Waals surface area (Å²) in [6.07, 6.45) is 1.24. The Bertz CT molecular complexity index is 1650. The number of nitrogens with two attached hydrogens (primary N) is 1. The molecule has 0 aliphatic carbocycles. The zero-order chi connectivity index (χ0) is 42.1. The molecule has 0 fully saturated rings. The Morgan fingerprint density at radius 3 is 1.64 bits per heavy atom. The second kappa shape index (κ2) is 19.5. The molecule has 304 valence electrons. The van der Waals surface area contributed by atoms with Crippen molar-refractivity contribution < 1.29 is 24.6 Å². The van der Waals surface area contributed by atoms with Crippen LogP contribution in [-0.2, 0) is 14.4 Å². The number of carbonyl (C=O) groups excluding carboxylic acids is 1. The Hall–Kier alpha value is -3.66. The molecule has 0 bridgehead atoms. The molecule has 3 aromatic rings. The highest BCUT2D eigenvalue weighted by Crippen LogP contribution is 2.60. The second-order valence-electron chi connectivity index (χ2n) is 18.1. The topological polar surface area (TPSA) is 137 Å². The Morgan fingerprint density at radius 1 is 0.782 bits per heavy atom. The minimum absolute atomic E-state index is 0.0364. The number of hydrogen-bond acceptors (Lipinski definition) is 6. The summed E-state index contributed by atoms with van der Waals surface area (Å²) in [5, 5.41) is 29.2. The average molecular weight is 776 g/mol. The number of thiol groups is 1. The molecular weight excluding hydrogens is 707 g/mol. The van der Waals surface area contributed by atoms with Crippen molar-refractivity contribution in [3.8, 4) is 5.75 Å². The minimum atomic E-state index is -0.944. The zero-order valence-electron chi connectivity index (χ0n) is 35.5. The summed E-state index contributed by atoms with van der Waals surface area (Å²) in [6.45, 7) is 27.3. The van der Waals surface area contributed by atoms with E-state index < -0.39 is 45.7 Å². The van der Waals surface area contributed by atoms with Gasteiger partial charge in [-0.15, -0.1) is 12.6 Å². The lowest BCUT2D eigenvalue weighted by Gasteiger charge is -2.57. The summed E-state index contributed by atoms with van der Waals surface area (Å²) in [5.74, 6) is -2.93. The van der Waals surface area contributed by atoms with Crippen LogP contribution >= 0.6 is 12.6 Å². The third kappa shape index (κ3) is 11.7. The van der Waals surface area contributed by atoms with E-state index in [9.17, 15) is 19.8 Å². The van der Waals surface area contributed by atoms with E-state index in [1.807, 2.05) is 69.3 Å². The first-order valence-corrected chi connectivity index (χ1v) is 19.8.